The molecule has 94 valence electrons. The van der Waals surface area contributed by atoms with Crippen molar-refractivity contribution in [3.8, 4) is 0 Å². The van der Waals surface area contributed by atoms with Gasteiger partial charge in [-0.2, -0.15) is 0 Å². The predicted molar refractivity (Wildman–Crippen MR) is 75.3 cm³/mol. The van der Waals surface area contributed by atoms with Crippen LogP contribution in [0.15, 0.2) is 22.7 Å². The first-order valence-electron chi connectivity index (χ1n) is 5.97. The van der Waals surface area contributed by atoms with Gasteiger partial charge in [-0.3, -0.25) is 4.79 Å². The number of hydrogen-bond donors (Lipinski definition) is 1. The van der Waals surface area contributed by atoms with Crippen molar-refractivity contribution in [1.29, 1.82) is 0 Å². The molecule has 0 radical (unpaired) electrons. The number of hydrogen-bond acceptors (Lipinski definition) is 1. The molecule has 0 aliphatic heterocycles. The second-order valence-electron chi connectivity index (χ2n) is 4.97. The summed E-state index contributed by atoms with van der Waals surface area (Å²) in [6.45, 7) is 8.35. The Kier molecular flexibility index (Phi) is 5.19. The van der Waals surface area contributed by atoms with Gasteiger partial charge in [0.1, 0.15) is 0 Å². The Morgan fingerprint density at radius 2 is 2.00 bits per heavy atom. The van der Waals surface area contributed by atoms with Gasteiger partial charge in [0.15, 0.2) is 0 Å². The lowest BCUT2D eigenvalue weighted by atomic mass is 10.0. The number of halogens is 1. The number of carbonyl (C=O) groups is 1. The van der Waals surface area contributed by atoms with Gasteiger partial charge in [0.2, 0.25) is 0 Å². The van der Waals surface area contributed by atoms with Crippen molar-refractivity contribution in [2.45, 2.75) is 40.2 Å². The van der Waals surface area contributed by atoms with Gasteiger partial charge in [0, 0.05) is 16.1 Å². The molecule has 1 amide bonds. The first kappa shape index (κ1) is 14.2. The van der Waals surface area contributed by atoms with E-state index in [4.69, 9.17) is 0 Å². The fourth-order valence-corrected chi connectivity index (χ4v) is 2.11. The third kappa shape index (κ3) is 4.50. The summed E-state index contributed by atoms with van der Waals surface area (Å²) in [4.78, 5) is 12.0. The summed E-state index contributed by atoms with van der Waals surface area (Å²) < 4.78 is 1.03. The van der Waals surface area contributed by atoms with Crippen LogP contribution in [-0.4, -0.2) is 11.9 Å². The number of nitrogens with one attached hydrogen (secondary N) is 1. The number of rotatable bonds is 4. The molecule has 0 aliphatic carbocycles. The molecule has 1 rings (SSSR count). The molecule has 2 nitrogen and oxygen atoms in total. The summed E-state index contributed by atoms with van der Waals surface area (Å²) >= 11 is 3.43. The van der Waals surface area contributed by atoms with Crippen LogP contribution in [0.1, 0.15) is 43.1 Å². The maximum atomic E-state index is 12.0. The molecular formula is C14H20BrNO. The average Bonchev–Trinajstić information content (AvgIpc) is 2.20. The highest BCUT2D eigenvalue weighted by Gasteiger charge is 2.11. The van der Waals surface area contributed by atoms with Crippen LogP contribution < -0.4 is 5.32 Å². The molecule has 0 aromatic heterocycles. The minimum Gasteiger partial charge on any atom is -0.350 e. The van der Waals surface area contributed by atoms with Crippen LogP contribution in [-0.2, 0) is 0 Å². The molecule has 0 aliphatic rings. The van der Waals surface area contributed by atoms with Crippen molar-refractivity contribution in [2.75, 3.05) is 0 Å². The Morgan fingerprint density at radius 1 is 1.35 bits per heavy atom. The molecule has 17 heavy (non-hydrogen) atoms. The number of carbonyl (C=O) groups excluding carboxylic acids is 1. The molecule has 1 N–H and O–H groups in total. The van der Waals surface area contributed by atoms with Gasteiger partial charge in [0.25, 0.3) is 5.91 Å². The second-order valence-corrected chi connectivity index (χ2v) is 5.82. The molecule has 0 heterocycles. The lowest BCUT2D eigenvalue weighted by Crippen LogP contribution is -2.33. The summed E-state index contributed by atoms with van der Waals surface area (Å²) in [7, 11) is 0. The van der Waals surface area contributed by atoms with Crippen molar-refractivity contribution < 1.29 is 4.79 Å². The molecule has 1 atom stereocenters. The van der Waals surface area contributed by atoms with E-state index in [-0.39, 0.29) is 11.9 Å². The highest BCUT2D eigenvalue weighted by molar-refractivity contribution is 9.10. The molecule has 0 saturated heterocycles. The van der Waals surface area contributed by atoms with Crippen molar-refractivity contribution in [3.63, 3.8) is 0 Å². The maximum Gasteiger partial charge on any atom is 0.251 e. The summed E-state index contributed by atoms with van der Waals surface area (Å²) in [5, 5.41) is 3.02. The largest absolute Gasteiger partial charge is 0.350 e. The second kappa shape index (κ2) is 6.20. The number of aryl methyl sites for hydroxylation is 1. The SMILES string of the molecule is Cc1cc(C(=O)NC(C)CC(C)C)ccc1Br. The first-order valence-corrected chi connectivity index (χ1v) is 6.76. The van der Waals surface area contributed by atoms with E-state index in [1.807, 2.05) is 32.0 Å². The van der Waals surface area contributed by atoms with Gasteiger partial charge >= 0.3 is 0 Å². The Balaban J connectivity index is 2.66. The first-order chi connectivity index (χ1) is 7.90. The summed E-state index contributed by atoms with van der Waals surface area (Å²) in [5.41, 5.74) is 1.80. The van der Waals surface area contributed by atoms with E-state index in [0.29, 0.717) is 5.92 Å². The smallest absolute Gasteiger partial charge is 0.251 e. The fraction of sp³-hybridized carbons (Fsp3) is 0.500. The van der Waals surface area contributed by atoms with Crippen LogP contribution in [0.25, 0.3) is 0 Å². The zero-order valence-electron chi connectivity index (χ0n) is 10.9. The van der Waals surface area contributed by atoms with E-state index in [9.17, 15) is 4.79 Å². The van der Waals surface area contributed by atoms with Crippen molar-refractivity contribution in [3.05, 3.63) is 33.8 Å². The predicted octanol–water partition coefficient (Wildman–Crippen LogP) is 3.92. The van der Waals surface area contributed by atoms with E-state index in [2.05, 4.69) is 35.1 Å². The normalized spacial score (nSPS) is 12.6. The van der Waals surface area contributed by atoms with E-state index < -0.39 is 0 Å². The van der Waals surface area contributed by atoms with Crippen LogP contribution in [0.3, 0.4) is 0 Å². The van der Waals surface area contributed by atoms with Gasteiger partial charge in [0.05, 0.1) is 0 Å². The van der Waals surface area contributed by atoms with E-state index in [1.165, 1.54) is 0 Å². The van der Waals surface area contributed by atoms with Crippen LogP contribution in [0, 0.1) is 12.8 Å². The highest BCUT2D eigenvalue weighted by atomic mass is 79.9. The molecule has 1 unspecified atom stereocenters. The van der Waals surface area contributed by atoms with Gasteiger partial charge < -0.3 is 5.32 Å². The summed E-state index contributed by atoms with van der Waals surface area (Å²) in [5.74, 6) is 0.603. The van der Waals surface area contributed by atoms with E-state index in [0.717, 1.165) is 22.0 Å². The third-order valence-corrected chi connectivity index (χ3v) is 3.51. The van der Waals surface area contributed by atoms with Crippen molar-refractivity contribution in [2.24, 2.45) is 5.92 Å². The Bertz CT molecular complexity index is 401. The molecule has 0 spiro atoms. The molecule has 0 saturated carbocycles. The molecule has 0 bridgehead atoms. The molecule has 1 aromatic carbocycles. The molecule has 3 heteroatoms. The maximum absolute atomic E-state index is 12.0. The Hall–Kier alpha value is -0.830. The number of benzene rings is 1. The third-order valence-electron chi connectivity index (χ3n) is 2.62. The van der Waals surface area contributed by atoms with E-state index >= 15 is 0 Å². The average molecular weight is 298 g/mol. The summed E-state index contributed by atoms with van der Waals surface area (Å²) in [6.07, 6.45) is 1.00. The monoisotopic (exact) mass is 297 g/mol. The van der Waals surface area contributed by atoms with Gasteiger partial charge in [-0.25, -0.2) is 0 Å². The number of amides is 1. The van der Waals surface area contributed by atoms with Crippen molar-refractivity contribution in [1.82, 2.24) is 5.32 Å². The zero-order valence-corrected chi connectivity index (χ0v) is 12.5. The van der Waals surface area contributed by atoms with Gasteiger partial charge in [-0.1, -0.05) is 29.8 Å². The minimum atomic E-state index is 0.00810. The quantitative estimate of drug-likeness (QED) is 0.896. The Labute approximate surface area is 112 Å². The van der Waals surface area contributed by atoms with Crippen LogP contribution >= 0.6 is 15.9 Å². The lowest BCUT2D eigenvalue weighted by Gasteiger charge is -2.16. The zero-order chi connectivity index (χ0) is 13.0. The fourth-order valence-electron chi connectivity index (χ4n) is 1.86. The summed E-state index contributed by atoms with van der Waals surface area (Å²) in [6, 6.07) is 5.87. The van der Waals surface area contributed by atoms with Crippen molar-refractivity contribution >= 4 is 21.8 Å². The lowest BCUT2D eigenvalue weighted by molar-refractivity contribution is 0.0936. The Morgan fingerprint density at radius 3 is 2.53 bits per heavy atom. The van der Waals surface area contributed by atoms with Gasteiger partial charge in [-0.05, 0) is 49.9 Å². The van der Waals surface area contributed by atoms with E-state index in [1.54, 1.807) is 0 Å². The van der Waals surface area contributed by atoms with Crippen LogP contribution in [0.4, 0.5) is 0 Å². The van der Waals surface area contributed by atoms with Crippen LogP contribution in [0.5, 0.6) is 0 Å². The van der Waals surface area contributed by atoms with Gasteiger partial charge in [-0.15, -0.1) is 0 Å². The van der Waals surface area contributed by atoms with Crippen LogP contribution in [0.2, 0.25) is 0 Å². The molecular weight excluding hydrogens is 278 g/mol. The standard InChI is InChI=1S/C14H20BrNO/c1-9(2)7-11(4)16-14(17)12-5-6-13(15)10(3)8-12/h5-6,8-9,11H,7H2,1-4H3,(H,16,17). The molecule has 1 aromatic rings. The molecule has 0 fully saturated rings. The minimum absolute atomic E-state index is 0.00810. The topological polar surface area (TPSA) is 29.1 Å². The highest BCUT2D eigenvalue weighted by Crippen LogP contribution is 2.17.